The first kappa shape index (κ1) is 19.7. The second-order valence-corrected chi connectivity index (χ2v) is 5.61. The Morgan fingerprint density at radius 2 is 1.91 bits per heavy atom. The van der Waals surface area contributed by atoms with E-state index in [1.54, 1.807) is 0 Å². The molecule has 128 valence electrons. The predicted octanol–water partition coefficient (Wildman–Crippen LogP) is 2.05. The van der Waals surface area contributed by atoms with Crippen molar-refractivity contribution in [2.45, 2.75) is 20.4 Å². The van der Waals surface area contributed by atoms with Crippen molar-refractivity contribution in [3.05, 3.63) is 29.8 Å². The van der Waals surface area contributed by atoms with Gasteiger partial charge in [0.1, 0.15) is 0 Å². The number of ether oxygens (including phenoxy) is 1. The van der Waals surface area contributed by atoms with Crippen molar-refractivity contribution in [1.29, 1.82) is 0 Å². The number of benzene rings is 1. The van der Waals surface area contributed by atoms with Crippen LogP contribution in [0.15, 0.2) is 29.3 Å². The van der Waals surface area contributed by atoms with Crippen molar-refractivity contribution < 1.29 is 9.53 Å². The average Bonchev–Trinajstić information content (AvgIpc) is 2.54. The molecule has 1 amide bonds. The first-order valence-electron chi connectivity index (χ1n) is 7.58. The molecule has 1 fully saturated rings. The summed E-state index contributed by atoms with van der Waals surface area (Å²) in [5.74, 6) is 0.542. The monoisotopic (exact) mass is 432 g/mol. The van der Waals surface area contributed by atoms with E-state index in [0.29, 0.717) is 25.7 Å². The molecule has 6 nitrogen and oxygen atoms in total. The van der Waals surface area contributed by atoms with Crippen LogP contribution >= 0.6 is 24.0 Å². The number of carbonyl (C=O) groups is 1. The zero-order valence-electron chi connectivity index (χ0n) is 13.6. The molecule has 1 aromatic carbocycles. The van der Waals surface area contributed by atoms with Gasteiger partial charge in [-0.05, 0) is 17.7 Å². The molecule has 0 aromatic heterocycles. The summed E-state index contributed by atoms with van der Waals surface area (Å²) in [6, 6.07) is 7.67. The zero-order chi connectivity index (χ0) is 15.9. The zero-order valence-corrected chi connectivity index (χ0v) is 15.9. The Morgan fingerprint density at radius 1 is 1.30 bits per heavy atom. The van der Waals surface area contributed by atoms with Gasteiger partial charge in [-0.1, -0.05) is 26.0 Å². The molecule has 1 heterocycles. The lowest BCUT2D eigenvalue weighted by Crippen LogP contribution is -2.44. The van der Waals surface area contributed by atoms with Crippen LogP contribution in [-0.2, 0) is 16.1 Å². The van der Waals surface area contributed by atoms with E-state index in [9.17, 15) is 4.79 Å². The Morgan fingerprint density at radius 3 is 2.48 bits per heavy atom. The summed E-state index contributed by atoms with van der Waals surface area (Å²) in [5, 5.41) is 2.86. The normalized spacial score (nSPS) is 15.3. The molecule has 3 N–H and O–H groups in total. The topological polar surface area (TPSA) is 80.0 Å². The molecule has 0 radical (unpaired) electrons. The molecule has 0 aliphatic carbocycles. The maximum Gasteiger partial charge on any atom is 0.226 e. The van der Waals surface area contributed by atoms with Crippen LogP contribution in [0.4, 0.5) is 5.69 Å². The van der Waals surface area contributed by atoms with Crippen LogP contribution in [-0.4, -0.2) is 43.1 Å². The van der Waals surface area contributed by atoms with E-state index in [2.05, 4.69) is 10.3 Å². The molecule has 1 aromatic rings. The van der Waals surface area contributed by atoms with Crippen LogP contribution < -0.4 is 11.1 Å². The van der Waals surface area contributed by atoms with Crippen LogP contribution in [0.5, 0.6) is 0 Å². The Labute approximate surface area is 154 Å². The fraction of sp³-hybridized carbons (Fsp3) is 0.500. The number of anilines is 1. The van der Waals surface area contributed by atoms with E-state index >= 15 is 0 Å². The van der Waals surface area contributed by atoms with Gasteiger partial charge in [0.05, 0.1) is 19.8 Å². The first-order chi connectivity index (χ1) is 10.6. The van der Waals surface area contributed by atoms with Gasteiger partial charge in [0.25, 0.3) is 0 Å². The number of nitrogens with zero attached hydrogens (tertiary/aromatic N) is 2. The van der Waals surface area contributed by atoms with Gasteiger partial charge >= 0.3 is 0 Å². The highest BCUT2D eigenvalue weighted by Gasteiger charge is 2.12. The highest BCUT2D eigenvalue weighted by Crippen LogP contribution is 2.12. The van der Waals surface area contributed by atoms with Gasteiger partial charge < -0.3 is 20.7 Å². The maximum atomic E-state index is 11.6. The van der Waals surface area contributed by atoms with Crippen molar-refractivity contribution in [2.24, 2.45) is 16.6 Å². The third kappa shape index (κ3) is 6.34. The molecule has 1 aliphatic rings. The molecular weight excluding hydrogens is 407 g/mol. The van der Waals surface area contributed by atoms with Crippen molar-refractivity contribution in [3.63, 3.8) is 0 Å². The molecule has 7 heteroatoms. The highest BCUT2D eigenvalue weighted by molar-refractivity contribution is 14.0. The lowest BCUT2D eigenvalue weighted by Gasteiger charge is -2.27. The van der Waals surface area contributed by atoms with Crippen LogP contribution in [0, 0.1) is 5.92 Å². The van der Waals surface area contributed by atoms with Crippen molar-refractivity contribution in [2.75, 3.05) is 31.6 Å². The van der Waals surface area contributed by atoms with E-state index in [0.717, 1.165) is 24.3 Å². The summed E-state index contributed by atoms with van der Waals surface area (Å²) in [6.45, 7) is 7.23. The minimum absolute atomic E-state index is 0. The van der Waals surface area contributed by atoms with Gasteiger partial charge in [0, 0.05) is 24.7 Å². The fourth-order valence-corrected chi connectivity index (χ4v) is 2.04. The lowest BCUT2D eigenvalue weighted by molar-refractivity contribution is -0.118. The van der Waals surface area contributed by atoms with Gasteiger partial charge in [-0.25, -0.2) is 4.99 Å². The molecule has 0 bridgehead atoms. The third-order valence-corrected chi connectivity index (χ3v) is 3.50. The number of halogens is 1. The highest BCUT2D eigenvalue weighted by atomic mass is 127. The van der Waals surface area contributed by atoms with E-state index < -0.39 is 0 Å². The SMILES string of the molecule is CC(C)C(=O)Nc1ccc(CN=C(N)N2CCOCC2)cc1.I. The van der Waals surface area contributed by atoms with Crippen molar-refractivity contribution in [1.82, 2.24) is 4.90 Å². The number of rotatable bonds is 4. The Bertz CT molecular complexity index is 525. The molecule has 1 saturated heterocycles. The number of guanidine groups is 1. The van der Waals surface area contributed by atoms with Gasteiger partial charge in [0.2, 0.25) is 5.91 Å². The van der Waals surface area contributed by atoms with Gasteiger partial charge in [-0.15, -0.1) is 24.0 Å². The van der Waals surface area contributed by atoms with Crippen LogP contribution in [0.1, 0.15) is 19.4 Å². The molecular formula is C16H25IN4O2. The molecule has 0 unspecified atom stereocenters. The Hall–Kier alpha value is -1.35. The first-order valence-corrected chi connectivity index (χ1v) is 7.58. The average molecular weight is 432 g/mol. The van der Waals surface area contributed by atoms with Crippen LogP contribution in [0.3, 0.4) is 0 Å². The maximum absolute atomic E-state index is 11.6. The molecule has 23 heavy (non-hydrogen) atoms. The van der Waals surface area contributed by atoms with Gasteiger partial charge in [0.15, 0.2) is 5.96 Å². The van der Waals surface area contributed by atoms with Crippen molar-refractivity contribution in [3.8, 4) is 0 Å². The third-order valence-electron chi connectivity index (χ3n) is 3.50. The summed E-state index contributed by atoms with van der Waals surface area (Å²) in [4.78, 5) is 18.1. The number of amides is 1. The molecule has 1 aliphatic heterocycles. The summed E-state index contributed by atoms with van der Waals surface area (Å²) < 4.78 is 5.29. The minimum atomic E-state index is -0.0300. The smallest absolute Gasteiger partial charge is 0.226 e. The Balaban J connectivity index is 0.00000264. The second kappa shape index (κ2) is 9.71. The number of nitrogens with one attached hydrogen (secondary N) is 1. The number of aliphatic imine (C=N–C) groups is 1. The van der Waals surface area contributed by atoms with E-state index in [1.807, 2.05) is 43.0 Å². The lowest BCUT2D eigenvalue weighted by atomic mass is 10.2. The van der Waals surface area contributed by atoms with Gasteiger partial charge in [-0.2, -0.15) is 0 Å². The van der Waals surface area contributed by atoms with E-state index in [1.165, 1.54) is 0 Å². The molecule has 0 saturated carbocycles. The van der Waals surface area contributed by atoms with Crippen molar-refractivity contribution >= 4 is 41.5 Å². The quantitative estimate of drug-likeness (QED) is 0.434. The predicted molar refractivity (Wildman–Crippen MR) is 103 cm³/mol. The fourth-order valence-electron chi connectivity index (χ4n) is 2.04. The summed E-state index contributed by atoms with van der Waals surface area (Å²) in [6.07, 6.45) is 0. The summed E-state index contributed by atoms with van der Waals surface area (Å²) in [7, 11) is 0. The van der Waals surface area contributed by atoms with Crippen LogP contribution in [0.25, 0.3) is 0 Å². The summed E-state index contributed by atoms with van der Waals surface area (Å²) >= 11 is 0. The number of hydrogen-bond acceptors (Lipinski definition) is 3. The number of nitrogens with two attached hydrogens (primary N) is 1. The number of hydrogen-bond donors (Lipinski definition) is 2. The standard InChI is InChI=1S/C16H24N4O2.HI/c1-12(2)15(21)19-14-5-3-13(4-6-14)11-18-16(17)20-7-9-22-10-8-20;/h3-6,12H,7-11H2,1-2H3,(H2,17,18)(H,19,21);1H. The van der Waals surface area contributed by atoms with Crippen LogP contribution in [0.2, 0.25) is 0 Å². The van der Waals surface area contributed by atoms with E-state index in [-0.39, 0.29) is 35.8 Å². The molecule has 0 spiro atoms. The molecule has 2 rings (SSSR count). The summed E-state index contributed by atoms with van der Waals surface area (Å²) in [5.41, 5.74) is 7.84. The number of carbonyl (C=O) groups excluding carboxylic acids is 1. The van der Waals surface area contributed by atoms with E-state index in [4.69, 9.17) is 10.5 Å². The molecule has 0 atom stereocenters. The largest absolute Gasteiger partial charge is 0.378 e. The second-order valence-electron chi connectivity index (χ2n) is 5.61. The number of morpholine rings is 1. The minimum Gasteiger partial charge on any atom is -0.378 e. The van der Waals surface area contributed by atoms with Gasteiger partial charge in [-0.3, -0.25) is 4.79 Å². The Kier molecular flexibility index (Phi) is 8.32.